The minimum atomic E-state index is -1.03. The maximum absolute atomic E-state index is 13.3. The van der Waals surface area contributed by atoms with Gasteiger partial charge in [-0.3, -0.25) is 9.59 Å². The molecule has 0 spiro atoms. The second-order valence-corrected chi connectivity index (χ2v) is 16.1. The summed E-state index contributed by atoms with van der Waals surface area (Å²) in [4.78, 5) is 38.6. The van der Waals surface area contributed by atoms with E-state index in [1.54, 1.807) is 0 Å². The number of aliphatic carboxylic acids is 1. The number of hydrogen-bond acceptors (Lipinski definition) is 7. The first kappa shape index (κ1) is 35.9. The molecule has 0 aliphatic heterocycles. The fourth-order valence-electron chi connectivity index (χ4n) is 10.9. The Bertz CT molecular complexity index is 1150. The molecule has 4 fully saturated rings. The van der Waals surface area contributed by atoms with Gasteiger partial charge < -0.3 is 24.8 Å². The van der Waals surface area contributed by atoms with Gasteiger partial charge in [0.05, 0.1) is 12.2 Å². The number of aliphatic hydroxyl groups is 2. The first-order valence-electron chi connectivity index (χ1n) is 17.7. The summed E-state index contributed by atoms with van der Waals surface area (Å²) < 4.78 is 12.2. The van der Waals surface area contributed by atoms with Gasteiger partial charge in [0.15, 0.2) is 0 Å². The summed E-state index contributed by atoms with van der Waals surface area (Å²) >= 11 is 0. The summed E-state index contributed by atoms with van der Waals surface area (Å²) in [5.74, 6) is -1.80. The van der Waals surface area contributed by atoms with Gasteiger partial charge in [0.25, 0.3) is 0 Å². The Labute approximate surface area is 270 Å². The normalized spacial score (nSPS) is 41.9. The van der Waals surface area contributed by atoms with Gasteiger partial charge in [-0.25, -0.2) is 4.79 Å². The first-order chi connectivity index (χ1) is 21.0. The molecular formula is C37H60O8. The third-order valence-electron chi connectivity index (χ3n) is 13.2. The number of fused-ring (bicyclic) bond motifs is 5. The molecule has 0 amide bonds. The lowest BCUT2D eigenvalue weighted by molar-refractivity contribution is -0.288. The summed E-state index contributed by atoms with van der Waals surface area (Å²) in [5.41, 5.74) is -0.641. The summed E-state index contributed by atoms with van der Waals surface area (Å²) in [6, 6.07) is 0. The van der Waals surface area contributed by atoms with E-state index < -0.39 is 47.2 Å². The van der Waals surface area contributed by atoms with E-state index in [-0.39, 0.29) is 41.5 Å². The van der Waals surface area contributed by atoms with Gasteiger partial charge in [0.1, 0.15) is 12.2 Å². The number of carbonyl (C=O) groups excluding carboxylic acids is 2. The van der Waals surface area contributed by atoms with Crippen molar-refractivity contribution in [1.29, 1.82) is 0 Å². The van der Waals surface area contributed by atoms with E-state index in [2.05, 4.69) is 41.5 Å². The van der Waals surface area contributed by atoms with E-state index in [0.717, 1.165) is 51.4 Å². The highest BCUT2D eigenvalue weighted by molar-refractivity contribution is 5.88. The van der Waals surface area contributed by atoms with Crippen LogP contribution in [0.4, 0.5) is 0 Å². The molecule has 0 aromatic rings. The Morgan fingerprint density at radius 3 is 2.27 bits per heavy atom. The number of hydrogen-bond donors (Lipinski definition) is 3. The highest BCUT2D eigenvalue weighted by atomic mass is 16.6. The van der Waals surface area contributed by atoms with Crippen molar-refractivity contribution in [3.05, 3.63) is 11.1 Å². The molecule has 4 rings (SSSR count). The van der Waals surface area contributed by atoms with Crippen molar-refractivity contribution < 1.29 is 39.2 Å². The van der Waals surface area contributed by atoms with Crippen LogP contribution in [-0.2, 0) is 23.9 Å². The lowest BCUT2D eigenvalue weighted by Gasteiger charge is -2.70. The van der Waals surface area contributed by atoms with Crippen LogP contribution in [-0.4, -0.2) is 57.6 Å². The van der Waals surface area contributed by atoms with Crippen LogP contribution in [0.5, 0.6) is 0 Å². The number of esters is 2. The number of unbranched alkanes of at least 4 members (excludes halogenated alkanes) is 2. The fourth-order valence-corrected chi connectivity index (χ4v) is 10.9. The van der Waals surface area contributed by atoms with E-state index in [1.807, 2.05) is 6.92 Å². The second-order valence-electron chi connectivity index (χ2n) is 16.1. The number of rotatable bonds is 11. The van der Waals surface area contributed by atoms with Gasteiger partial charge in [0, 0.05) is 30.3 Å². The van der Waals surface area contributed by atoms with Crippen molar-refractivity contribution in [2.45, 2.75) is 157 Å². The topological polar surface area (TPSA) is 130 Å². The lowest BCUT2D eigenvalue weighted by atomic mass is 9.35. The van der Waals surface area contributed by atoms with Crippen LogP contribution in [0, 0.1) is 45.8 Å². The van der Waals surface area contributed by atoms with Gasteiger partial charge in [-0.2, -0.15) is 0 Å². The number of carboxylic acids is 1. The van der Waals surface area contributed by atoms with Crippen molar-refractivity contribution >= 4 is 17.9 Å². The SMILES string of the molecule is CCCCCC(=O)OC1C2C(C)C(O)CCC2(C)C2CCC3/C(=C(\CCCC(C)C)C(=O)O)C(OC(C)=O)CC3(C)C2(C)C1O. The highest BCUT2D eigenvalue weighted by Crippen LogP contribution is 2.74. The van der Waals surface area contributed by atoms with Crippen LogP contribution in [0.25, 0.3) is 0 Å². The molecule has 8 heteroatoms. The Morgan fingerprint density at radius 2 is 1.67 bits per heavy atom. The quantitative estimate of drug-likeness (QED) is 0.128. The smallest absolute Gasteiger partial charge is 0.331 e. The lowest BCUT2D eigenvalue weighted by Crippen LogP contribution is -2.72. The molecule has 4 saturated carbocycles. The first-order valence-corrected chi connectivity index (χ1v) is 17.7. The van der Waals surface area contributed by atoms with E-state index >= 15 is 0 Å². The van der Waals surface area contributed by atoms with Crippen molar-refractivity contribution in [1.82, 2.24) is 0 Å². The van der Waals surface area contributed by atoms with E-state index in [0.29, 0.717) is 36.3 Å². The van der Waals surface area contributed by atoms with Gasteiger partial charge in [-0.1, -0.05) is 67.7 Å². The molecule has 11 atom stereocenters. The van der Waals surface area contributed by atoms with Crippen LogP contribution in [0.1, 0.15) is 132 Å². The molecule has 3 N–H and O–H groups in total. The van der Waals surface area contributed by atoms with Crippen LogP contribution in [0.2, 0.25) is 0 Å². The molecule has 11 unspecified atom stereocenters. The molecule has 256 valence electrons. The van der Waals surface area contributed by atoms with Crippen LogP contribution < -0.4 is 0 Å². The van der Waals surface area contributed by atoms with Crippen LogP contribution >= 0.6 is 0 Å². The minimum absolute atomic E-state index is 0.0443. The van der Waals surface area contributed by atoms with Crippen molar-refractivity contribution in [2.24, 2.45) is 45.8 Å². The Kier molecular flexibility index (Phi) is 10.9. The van der Waals surface area contributed by atoms with Crippen molar-refractivity contribution in [2.75, 3.05) is 0 Å². The van der Waals surface area contributed by atoms with E-state index in [4.69, 9.17) is 9.47 Å². The predicted octanol–water partition coefficient (Wildman–Crippen LogP) is 6.85. The van der Waals surface area contributed by atoms with Crippen molar-refractivity contribution in [3.8, 4) is 0 Å². The molecule has 0 aromatic heterocycles. The van der Waals surface area contributed by atoms with Crippen LogP contribution in [0.15, 0.2) is 11.1 Å². The third kappa shape index (κ3) is 6.24. The van der Waals surface area contributed by atoms with Crippen LogP contribution in [0.3, 0.4) is 0 Å². The predicted molar refractivity (Wildman–Crippen MR) is 172 cm³/mol. The number of aliphatic hydroxyl groups excluding tert-OH is 2. The average Bonchev–Trinajstić information content (AvgIpc) is 3.23. The number of ether oxygens (including phenoxy) is 2. The molecule has 0 saturated heterocycles. The maximum atomic E-state index is 13.3. The average molecular weight is 633 g/mol. The molecule has 0 radical (unpaired) electrons. The Morgan fingerprint density at radius 1 is 0.978 bits per heavy atom. The maximum Gasteiger partial charge on any atom is 0.331 e. The molecule has 45 heavy (non-hydrogen) atoms. The second kappa shape index (κ2) is 13.7. The molecule has 8 nitrogen and oxygen atoms in total. The summed E-state index contributed by atoms with van der Waals surface area (Å²) in [5, 5.41) is 34.2. The summed E-state index contributed by atoms with van der Waals surface area (Å²) in [6.07, 6.45) is 5.25. The standard InChI is InChI=1S/C37H60O8/c1-9-10-11-15-29(40)45-32-31-22(4)26(39)18-19-35(31,6)28-17-16-25-30(24(34(42)43)14-12-13-21(2)3)27(44-23(5)38)20-36(25,7)37(28,8)33(32)41/h21-22,25-28,31-33,39,41H,9-20H2,1-8H3,(H,42,43)/b30-24-. The fraction of sp³-hybridized carbons (Fsp3) is 0.865. The number of carbonyl (C=O) groups is 3. The molecule has 0 aromatic carbocycles. The zero-order chi connectivity index (χ0) is 33.5. The molecular weight excluding hydrogens is 572 g/mol. The zero-order valence-corrected chi connectivity index (χ0v) is 29.1. The van der Waals surface area contributed by atoms with E-state index in [9.17, 15) is 29.7 Å². The molecule has 4 aliphatic carbocycles. The Hall–Kier alpha value is -1.93. The van der Waals surface area contributed by atoms with Gasteiger partial charge in [-0.15, -0.1) is 0 Å². The van der Waals surface area contributed by atoms with E-state index in [1.165, 1.54) is 6.92 Å². The largest absolute Gasteiger partial charge is 0.478 e. The number of carboxylic acid groups (broad SMARTS) is 1. The monoisotopic (exact) mass is 632 g/mol. The highest BCUT2D eigenvalue weighted by Gasteiger charge is 2.74. The summed E-state index contributed by atoms with van der Waals surface area (Å²) in [7, 11) is 0. The Balaban J connectivity index is 1.84. The third-order valence-corrected chi connectivity index (χ3v) is 13.2. The zero-order valence-electron chi connectivity index (χ0n) is 29.1. The van der Waals surface area contributed by atoms with Gasteiger partial charge >= 0.3 is 17.9 Å². The molecule has 4 aliphatic rings. The minimum Gasteiger partial charge on any atom is -0.478 e. The van der Waals surface area contributed by atoms with Crippen molar-refractivity contribution in [3.63, 3.8) is 0 Å². The molecule has 0 heterocycles. The molecule has 0 bridgehead atoms. The van der Waals surface area contributed by atoms with Gasteiger partial charge in [-0.05, 0) is 91.4 Å². The van der Waals surface area contributed by atoms with Gasteiger partial charge in [0.2, 0.25) is 0 Å². The summed E-state index contributed by atoms with van der Waals surface area (Å²) in [6.45, 7) is 16.3.